The summed E-state index contributed by atoms with van der Waals surface area (Å²) >= 11 is 0. The van der Waals surface area contributed by atoms with Crippen molar-refractivity contribution in [2.45, 2.75) is 44.2 Å². The largest absolute Gasteiger partial charge is 0.322 e. The first kappa shape index (κ1) is 19.0. The maximum atomic E-state index is 14.5. The quantitative estimate of drug-likeness (QED) is 0.674. The summed E-state index contributed by atoms with van der Waals surface area (Å²) in [6.07, 6.45) is 8.82. The Kier molecular flexibility index (Phi) is 4.84. The molecule has 5 rings (SSSR count). The summed E-state index contributed by atoms with van der Waals surface area (Å²) in [7, 11) is 0. The predicted molar refractivity (Wildman–Crippen MR) is 110 cm³/mol. The van der Waals surface area contributed by atoms with Crippen molar-refractivity contribution >= 4 is 22.8 Å². The van der Waals surface area contributed by atoms with Crippen molar-refractivity contribution in [3.63, 3.8) is 0 Å². The highest BCUT2D eigenvalue weighted by atomic mass is 19.1. The molecule has 0 spiro atoms. The van der Waals surface area contributed by atoms with Gasteiger partial charge in [0.2, 0.25) is 0 Å². The molecule has 0 atom stereocenters. The second kappa shape index (κ2) is 7.66. The van der Waals surface area contributed by atoms with Crippen molar-refractivity contribution in [1.82, 2.24) is 19.7 Å². The average Bonchev–Trinajstić information content (AvgIpc) is 3.16. The molecule has 1 saturated carbocycles. The van der Waals surface area contributed by atoms with Crippen LogP contribution in [0.3, 0.4) is 0 Å². The van der Waals surface area contributed by atoms with Gasteiger partial charge in [0, 0.05) is 23.5 Å². The number of carbonyl (C=O) groups is 1. The minimum atomic E-state index is -0.970. The van der Waals surface area contributed by atoms with Crippen molar-refractivity contribution in [2.75, 3.05) is 18.4 Å². The van der Waals surface area contributed by atoms with Gasteiger partial charge in [0.15, 0.2) is 5.65 Å². The van der Waals surface area contributed by atoms with Gasteiger partial charge >= 0.3 is 6.03 Å². The molecule has 3 aromatic rings. The SMILES string of the molecule is O=C(Nc1ccc(F)c(-n2cc3cc(C4CCCCC4)cnc3n2)c1)N1CC(F)C1. The van der Waals surface area contributed by atoms with Crippen LogP contribution in [0.15, 0.2) is 36.7 Å². The number of fused-ring (bicyclic) bond motifs is 1. The molecule has 6 nitrogen and oxygen atoms in total. The number of anilines is 1. The third kappa shape index (κ3) is 3.62. The molecular weight excluding hydrogens is 388 g/mol. The first-order chi connectivity index (χ1) is 14.6. The van der Waals surface area contributed by atoms with Crippen LogP contribution in [-0.4, -0.2) is 45.0 Å². The van der Waals surface area contributed by atoms with Gasteiger partial charge < -0.3 is 10.2 Å². The lowest BCUT2D eigenvalue weighted by Gasteiger charge is -2.34. The van der Waals surface area contributed by atoms with Crippen LogP contribution in [0.2, 0.25) is 0 Å². The molecule has 2 amide bonds. The van der Waals surface area contributed by atoms with Gasteiger partial charge in [-0.15, -0.1) is 5.10 Å². The topological polar surface area (TPSA) is 63.1 Å². The maximum Gasteiger partial charge on any atom is 0.322 e. The normalized spacial score (nSPS) is 17.9. The van der Waals surface area contributed by atoms with E-state index in [1.807, 2.05) is 6.20 Å². The molecule has 3 heterocycles. The van der Waals surface area contributed by atoms with Crippen LogP contribution in [0.4, 0.5) is 19.3 Å². The van der Waals surface area contributed by atoms with Crippen LogP contribution in [0.25, 0.3) is 16.7 Å². The lowest BCUT2D eigenvalue weighted by molar-refractivity contribution is 0.0974. The lowest BCUT2D eigenvalue weighted by atomic mass is 9.85. The number of hydrogen-bond acceptors (Lipinski definition) is 3. The van der Waals surface area contributed by atoms with Crippen LogP contribution in [0, 0.1) is 5.82 Å². The standard InChI is InChI=1S/C22H23F2N5O/c23-17-12-28(13-17)22(30)26-18-6-7-19(24)20(9-18)29-11-16-8-15(10-25-21(16)27-29)14-4-2-1-3-5-14/h6-11,14,17H,1-5,12-13H2,(H,26,30). The molecule has 1 N–H and O–H groups in total. The van der Waals surface area contributed by atoms with E-state index in [2.05, 4.69) is 21.5 Å². The van der Waals surface area contributed by atoms with Crippen LogP contribution in [0.1, 0.15) is 43.6 Å². The molecule has 30 heavy (non-hydrogen) atoms. The van der Waals surface area contributed by atoms with Gasteiger partial charge in [-0.2, -0.15) is 0 Å². The van der Waals surface area contributed by atoms with Crippen molar-refractivity contribution < 1.29 is 13.6 Å². The van der Waals surface area contributed by atoms with E-state index in [0.717, 1.165) is 5.39 Å². The molecule has 2 aromatic heterocycles. The molecule has 0 unspecified atom stereocenters. The molecule has 0 radical (unpaired) electrons. The van der Waals surface area contributed by atoms with Gasteiger partial charge in [0.05, 0.1) is 13.1 Å². The Morgan fingerprint density at radius 2 is 1.93 bits per heavy atom. The summed E-state index contributed by atoms with van der Waals surface area (Å²) in [5, 5.41) is 7.96. The molecule has 8 heteroatoms. The molecular formula is C22H23F2N5O. The Morgan fingerprint density at radius 3 is 2.70 bits per heavy atom. The van der Waals surface area contributed by atoms with E-state index in [1.165, 1.54) is 65.4 Å². The Hall–Kier alpha value is -3.03. The summed E-state index contributed by atoms with van der Waals surface area (Å²) in [6, 6.07) is 5.99. The molecule has 1 aliphatic carbocycles. The zero-order valence-electron chi connectivity index (χ0n) is 16.5. The third-order valence-electron chi connectivity index (χ3n) is 6.03. The molecule has 0 bridgehead atoms. The second-order valence-electron chi connectivity index (χ2n) is 8.19. The van der Waals surface area contributed by atoms with E-state index in [1.54, 1.807) is 6.20 Å². The molecule has 1 aliphatic heterocycles. The average molecular weight is 411 g/mol. The van der Waals surface area contributed by atoms with Gasteiger partial charge in [-0.25, -0.2) is 23.2 Å². The van der Waals surface area contributed by atoms with E-state index in [4.69, 9.17) is 0 Å². The summed E-state index contributed by atoms with van der Waals surface area (Å²) in [5.41, 5.74) is 2.41. The maximum absolute atomic E-state index is 14.5. The van der Waals surface area contributed by atoms with Gasteiger partial charge in [-0.05, 0) is 48.6 Å². The van der Waals surface area contributed by atoms with Gasteiger partial charge in [-0.1, -0.05) is 19.3 Å². The number of alkyl halides is 1. The summed E-state index contributed by atoms with van der Waals surface area (Å²) in [4.78, 5) is 18.0. The Morgan fingerprint density at radius 1 is 1.13 bits per heavy atom. The minimum Gasteiger partial charge on any atom is -0.319 e. The van der Waals surface area contributed by atoms with Crippen LogP contribution in [-0.2, 0) is 0 Å². The molecule has 1 aromatic carbocycles. The number of hydrogen-bond donors (Lipinski definition) is 1. The number of benzene rings is 1. The number of halogens is 2. The van der Waals surface area contributed by atoms with Crippen molar-refractivity contribution in [2.24, 2.45) is 0 Å². The number of carbonyl (C=O) groups excluding carboxylic acids is 1. The Labute approximate surface area is 172 Å². The summed E-state index contributed by atoms with van der Waals surface area (Å²) < 4.78 is 28.9. The fourth-order valence-corrected chi connectivity index (χ4v) is 4.27. The number of likely N-dealkylation sites (tertiary alicyclic amines) is 1. The van der Waals surface area contributed by atoms with E-state index in [0.29, 0.717) is 17.3 Å². The zero-order chi connectivity index (χ0) is 20.7. The molecule has 1 saturated heterocycles. The van der Waals surface area contributed by atoms with E-state index < -0.39 is 18.0 Å². The number of nitrogens with one attached hydrogen (secondary N) is 1. The highest BCUT2D eigenvalue weighted by molar-refractivity contribution is 5.90. The lowest BCUT2D eigenvalue weighted by Crippen LogP contribution is -2.53. The van der Waals surface area contributed by atoms with E-state index >= 15 is 0 Å². The van der Waals surface area contributed by atoms with Crippen molar-refractivity contribution in [3.05, 3.63) is 48.0 Å². The summed E-state index contributed by atoms with van der Waals surface area (Å²) in [5.74, 6) is 0.0702. The van der Waals surface area contributed by atoms with Gasteiger partial charge in [0.25, 0.3) is 0 Å². The van der Waals surface area contributed by atoms with Crippen LogP contribution in [0.5, 0.6) is 0 Å². The minimum absolute atomic E-state index is 0.0828. The van der Waals surface area contributed by atoms with Crippen LogP contribution < -0.4 is 5.32 Å². The first-order valence-electron chi connectivity index (χ1n) is 10.4. The molecule has 2 aliphatic rings. The smallest absolute Gasteiger partial charge is 0.319 e. The zero-order valence-corrected chi connectivity index (χ0v) is 16.5. The fraction of sp³-hybridized carbons (Fsp3) is 0.409. The first-order valence-corrected chi connectivity index (χ1v) is 10.4. The number of nitrogens with zero attached hydrogens (tertiary/aromatic N) is 4. The van der Waals surface area contributed by atoms with Crippen molar-refractivity contribution in [1.29, 1.82) is 0 Å². The monoisotopic (exact) mass is 411 g/mol. The molecule has 2 fully saturated rings. The Balaban J connectivity index is 1.40. The van der Waals surface area contributed by atoms with Gasteiger partial charge in [0.1, 0.15) is 17.7 Å². The molecule has 156 valence electrons. The van der Waals surface area contributed by atoms with E-state index in [9.17, 15) is 13.6 Å². The number of aromatic nitrogens is 3. The third-order valence-corrected chi connectivity index (χ3v) is 6.03. The highest BCUT2D eigenvalue weighted by Gasteiger charge is 2.30. The second-order valence-corrected chi connectivity index (χ2v) is 8.19. The van der Waals surface area contributed by atoms with E-state index in [-0.39, 0.29) is 18.8 Å². The van der Waals surface area contributed by atoms with Crippen LogP contribution >= 0.6 is 0 Å². The summed E-state index contributed by atoms with van der Waals surface area (Å²) in [6.45, 7) is 0.166. The number of urea groups is 1. The number of pyridine rings is 1. The number of rotatable bonds is 3. The van der Waals surface area contributed by atoms with Crippen molar-refractivity contribution in [3.8, 4) is 5.69 Å². The van der Waals surface area contributed by atoms with Gasteiger partial charge in [-0.3, -0.25) is 0 Å². The number of amides is 2. The predicted octanol–water partition coefficient (Wildman–Crippen LogP) is 4.79. The Bertz CT molecular complexity index is 1090. The fourth-order valence-electron chi connectivity index (χ4n) is 4.27. The highest BCUT2D eigenvalue weighted by Crippen LogP contribution is 2.33.